The number of carbonyl (C=O) groups excluding carboxylic acids is 2. The van der Waals surface area contributed by atoms with Crippen molar-refractivity contribution in [1.82, 2.24) is 4.98 Å². The Balaban J connectivity index is 1.44. The second kappa shape index (κ2) is 11.0. The molecule has 2 aliphatic heterocycles. The molecule has 0 bridgehead atoms. The number of Topliss-reactive ketones (excluding diaryl/α,β-unsaturated/α-hetero) is 1. The molecule has 1 amide bonds. The highest BCUT2D eigenvalue weighted by Crippen LogP contribution is 2.45. The highest BCUT2D eigenvalue weighted by Gasteiger charge is 2.48. The minimum absolute atomic E-state index is 0.0361. The normalized spacial score (nSPS) is 19.5. The number of hydrogen-bond acceptors (Lipinski definition) is 7. The van der Waals surface area contributed by atoms with Gasteiger partial charge in [0.15, 0.2) is 5.13 Å². The van der Waals surface area contributed by atoms with Crippen LogP contribution in [0.2, 0.25) is 0 Å². The summed E-state index contributed by atoms with van der Waals surface area (Å²) in [6, 6.07) is 17.8. The van der Waals surface area contributed by atoms with Gasteiger partial charge in [-0.1, -0.05) is 49.3 Å². The fourth-order valence-electron chi connectivity index (χ4n) is 5.48. The Labute approximate surface area is 243 Å². The molecule has 0 saturated carbocycles. The van der Waals surface area contributed by atoms with Gasteiger partial charge in [-0.05, 0) is 79.4 Å². The number of benzene rings is 3. The van der Waals surface area contributed by atoms with E-state index in [-0.39, 0.29) is 17.4 Å². The second-order valence-electron chi connectivity index (χ2n) is 10.7. The van der Waals surface area contributed by atoms with Gasteiger partial charge in [0.1, 0.15) is 23.4 Å². The first-order valence-corrected chi connectivity index (χ1v) is 14.9. The SMILES string of the molecule is CCCCCOc1ccc(C2/C(=C(\O)c3ccc4c(c3)CC(C)O4)C(=O)C(=O)N2c2nc3ccc(C)cc3s2)cc1. The summed E-state index contributed by atoms with van der Waals surface area (Å²) in [4.78, 5) is 33.4. The number of aliphatic hydroxyl groups excluding tert-OH is 1. The fraction of sp³-hybridized carbons (Fsp3) is 0.303. The number of rotatable bonds is 8. The third-order valence-electron chi connectivity index (χ3n) is 7.57. The molecule has 7 nitrogen and oxygen atoms in total. The molecule has 2 unspecified atom stereocenters. The van der Waals surface area contributed by atoms with Gasteiger partial charge in [0.2, 0.25) is 0 Å². The van der Waals surface area contributed by atoms with Crippen LogP contribution in [0.3, 0.4) is 0 Å². The van der Waals surface area contributed by atoms with Crippen LogP contribution in [-0.2, 0) is 16.0 Å². The van der Waals surface area contributed by atoms with Crippen LogP contribution < -0.4 is 14.4 Å². The molecule has 1 aromatic heterocycles. The van der Waals surface area contributed by atoms with E-state index in [2.05, 4.69) is 6.92 Å². The number of aryl methyl sites for hydroxylation is 1. The zero-order valence-electron chi connectivity index (χ0n) is 23.3. The number of hydrogen-bond donors (Lipinski definition) is 1. The summed E-state index contributed by atoms with van der Waals surface area (Å²) >= 11 is 1.35. The molecular weight excluding hydrogens is 536 g/mol. The van der Waals surface area contributed by atoms with Gasteiger partial charge < -0.3 is 14.6 Å². The monoisotopic (exact) mass is 568 g/mol. The average Bonchev–Trinajstić information content (AvgIpc) is 3.63. The number of fused-ring (bicyclic) bond motifs is 2. The molecule has 1 N–H and O–H groups in total. The number of nitrogens with zero attached hydrogens (tertiary/aromatic N) is 2. The summed E-state index contributed by atoms with van der Waals surface area (Å²) in [5.74, 6) is -0.191. The van der Waals surface area contributed by atoms with Gasteiger partial charge >= 0.3 is 5.91 Å². The summed E-state index contributed by atoms with van der Waals surface area (Å²) in [7, 11) is 0. The topological polar surface area (TPSA) is 89.0 Å². The van der Waals surface area contributed by atoms with Crippen molar-refractivity contribution in [3.8, 4) is 11.5 Å². The first-order chi connectivity index (χ1) is 19.8. The van der Waals surface area contributed by atoms with Crippen molar-refractivity contribution in [2.75, 3.05) is 11.5 Å². The Morgan fingerprint density at radius 1 is 1.10 bits per heavy atom. The maximum absolute atomic E-state index is 13.6. The predicted octanol–water partition coefficient (Wildman–Crippen LogP) is 7.12. The highest BCUT2D eigenvalue weighted by molar-refractivity contribution is 7.22. The van der Waals surface area contributed by atoms with Crippen LogP contribution in [0.25, 0.3) is 16.0 Å². The van der Waals surface area contributed by atoms with Crippen LogP contribution >= 0.6 is 11.3 Å². The molecule has 210 valence electrons. The number of aliphatic hydroxyl groups is 1. The smallest absolute Gasteiger partial charge is 0.301 e. The second-order valence-corrected chi connectivity index (χ2v) is 11.7. The molecule has 2 atom stereocenters. The molecule has 0 radical (unpaired) electrons. The van der Waals surface area contributed by atoms with Crippen LogP contribution in [0.4, 0.5) is 5.13 Å². The first-order valence-electron chi connectivity index (χ1n) is 14.0. The van der Waals surface area contributed by atoms with Crippen LogP contribution in [0.5, 0.6) is 11.5 Å². The molecule has 3 heterocycles. The lowest BCUT2D eigenvalue weighted by atomic mass is 9.94. The Hall–Kier alpha value is -4.17. The molecule has 3 aromatic carbocycles. The van der Waals surface area contributed by atoms with E-state index in [0.29, 0.717) is 35.0 Å². The number of thiazole rings is 1. The molecule has 1 saturated heterocycles. The Morgan fingerprint density at radius 2 is 1.90 bits per heavy atom. The van der Waals surface area contributed by atoms with Gasteiger partial charge in [-0.3, -0.25) is 14.5 Å². The summed E-state index contributed by atoms with van der Waals surface area (Å²) in [5, 5.41) is 12.0. The van der Waals surface area contributed by atoms with Gasteiger partial charge in [-0.25, -0.2) is 4.98 Å². The molecule has 2 aliphatic rings. The lowest BCUT2D eigenvalue weighted by Crippen LogP contribution is -2.29. The number of unbranched alkanes of at least 4 members (excludes halogenated alkanes) is 2. The number of ether oxygens (including phenoxy) is 2. The van der Waals surface area contributed by atoms with E-state index in [1.54, 1.807) is 12.1 Å². The maximum atomic E-state index is 13.6. The van der Waals surface area contributed by atoms with E-state index in [9.17, 15) is 14.7 Å². The quantitative estimate of drug-likeness (QED) is 0.105. The maximum Gasteiger partial charge on any atom is 0.301 e. The minimum Gasteiger partial charge on any atom is -0.507 e. The van der Waals surface area contributed by atoms with E-state index in [1.807, 2.05) is 62.4 Å². The first kappa shape index (κ1) is 27.0. The van der Waals surface area contributed by atoms with Crippen molar-refractivity contribution in [2.45, 2.75) is 58.6 Å². The largest absolute Gasteiger partial charge is 0.507 e. The Kier molecular flexibility index (Phi) is 7.26. The van der Waals surface area contributed by atoms with Crippen LogP contribution in [0.1, 0.15) is 61.4 Å². The standard InChI is InChI=1S/C33H32N2O5S/c1-4-5-6-15-39-24-11-8-21(9-12-24)29-28(30(36)22-10-14-26-23(18-22)17-20(3)40-26)31(37)32(38)35(29)33-34-25-13-7-19(2)16-27(25)41-33/h7-14,16,18,20,29,36H,4-6,15,17H2,1-3H3/b30-28+. The lowest BCUT2D eigenvalue weighted by Gasteiger charge is -2.23. The van der Waals surface area contributed by atoms with Gasteiger partial charge in [0, 0.05) is 12.0 Å². The zero-order valence-corrected chi connectivity index (χ0v) is 24.2. The average molecular weight is 569 g/mol. The van der Waals surface area contributed by atoms with Crippen LogP contribution in [-0.4, -0.2) is 34.5 Å². The van der Waals surface area contributed by atoms with Crippen molar-refractivity contribution in [3.63, 3.8) is 0 Å². The van der Waals surface area contributed by atoms with E-state index >= 15 is 0 Å². The van der Waals surface area contributed by atoms with Crippen molar-refractivity contribution in [1.29, 1.82) is 0 Å². The fourth-order valence-corrected chi connectivity index (χ4v) is 6.57. The van der Waals surface area contributed by atoms with E-state index < -0.39 is 17.7 Å². The van der Waals surface area contributed by atoms with Crippen LogP contribution in [0, 0.1) is 6.92 Å². The van der Waals surface area contributed by atoms with Gasteiger partial charge in [0.25, 0.3) is 5.78 Å². The summed E-state index contributed by atoms with van der Waals surface area (Å²) in [5.41, 5.74) is 3.98. The summed E-state index contributed by atoms with van der Waals surface area (Å²) in [6.07, 6.45) is 3.93. The van der Waals surface area contributed by atoms with Gasteiger partial charge in [0.05, 0.1) is 28.4 Å². The van der Waals surface area contributed by atoms with E-state index in [0.717, 1.165) is 46.4 Å². The molecule has 0 spiro atoms. The molecular formula is C33H32N2O5S. The predicted molar refractivity (Wildman–Crippen MR) is 161 cm³/mol. The third-order valence-corrected chi connectivity index (χ3v) is 8.58. The molecule has 6 rings (SSSR count). The number of carbonyl (C=O) groups is 2. The minimum atomic E-state index is -0.853. The summed E-state index contributed by atoms with van der Waals surface area (Å²) < 4.78 is 12.6. The van der Waals surface area contributed by atoms with Gasteiger partial charge in [-0.15, -0.1) is 0 Å². The molecule has 4 aromatic rings. The molecule has 41 heavy (non-hydrogen) atoms. The number of amides is 1. The van der Waals surface area contributed by atoms with E-state index in [1.165, 1.54) is 16.2 Å². The van der Waals surface area contributed by atoms with Crippen LogP contribution in [0.15, 0.2) is 66.2 Å². The van der Waals surface area contributed by atoms with E-state index in [4.69, 9.17) is 14.5 Å². The number of anilines is 1. The van der Waals surface area contributed by atoms with Gasteiger partial charge in [-0.2, -0.15) is 0 Å². The molecule has 0 aliphatic carbocycles. The lowest BCUT2D eigenvalue weighted by molar-refractivity contribution is -0.132. The van der Waals surface area contributed by atoms with Crippen molar-refractivity contribution >= 4 is 44.1 Å². The summed E-state index contributed by atoms with van der Waals surface area (Å²) in [6.45, 7) is 6.76. The number of ketones is 1. The number of aromatic nitrogens is 1. The third kappa shape index (κ3) is 5.08. The molecule has 1 fully saturated rings. The zero-order chi connectivity index (χ0) is 28.7. The van der Waals surface area contributed by atoms with Crippen molar-refractivity contribution in [3.05, 3.63) is 88.5 Å². The van der Waals surface area contributed by atoms with Crippen molar-refractivity contribution < 1.29 is 24.2 Å². The van der Waals surface area contributed by atoms with Crippen molar-refractivity contribution in [2.24, 2.45) is 0 Å². The molecule has 8 heteroatoms. The Bertz CT molecular complexity index is 1670. The Morgan fingerprint density at radius 3 is 2.68 bits per heavy atom. The highest BCUT2D eigenvalue weighted by atomic mass is 32.1.